The van der Waals surface area contributed by atoms with Gasteiger partial charge >= 0.3 is 5.97 Å². The van der Waals surface area contributed by atoms with Gasteiger partial charge in [0.1, 0.15) is 0 Å². The van der Waals surface area contributed by atoms with Crippen molar-refractivity contribution in [2.24, 2.45) is 0 Å². The Labute approximate surface area is 149 Å². The van der Waals surface area contributed by atoms with Gasteiger partial charge < -0.3 is 14.8 Å². The fourth-order valence-electron chi connectivity index (χ4n) is 1.87. The fourth-order valence-corrected chi connectivity index (χ4v) is 1.99. The first-order valence-corrected chi connectivity index (χ1v) is 7.59. The SMILES string of the molecule is COc1ccc(/C=C/C(=O)OCC(=O)Nc2ccc(Cl)cc2)cc1F. The van der Waals surface area contributed by atoms with Crippen LogP contribution in [0, 0.1) is 5.82 Å². The lowest BCUT2D eigenvalue weighted by atomic mass is 10.2. The molecular formula is C18H15ClFNO4. The Bertz CT molecular complexity index is 790. The minimum atomic E-state index is -0.720. The van der Waals surface area contributed by atoms with E-state index in [0.717, 1.165) is 6.08 Å². The summed E-state index contributed by atoms with van der Waals surface area (Å²) in [4.78, 5) is 23.3. The zero-order valence-corrected chi connectivity index (χ0v) is 14.0. The predicted molar refractivity (Wildman–Crippen MR) is 93.0 cm³/mol. The average molecular weight is 364 g/mol. The lowest BCUT2D eigenvalue weighted by Gasteiger charge is -2.05. The summed E-state index contributed by atoms with van der Waals surface area (Å²) in [6, 6.07) is 10.7. The van der Waals surface area contributed by atoms with E-state index in [1.165, 1.54) is 25.3 Å². The van der Waals surface area contributed by atoms with Crippen molar-refractivity contribution in [2.45, 2.75) is 0 Å². The number of hydrogen-bond acceptors (Lipinski definition) is 4. The van der Waals surface area contributed by atoms with Crippen LogP contribution in [0.5, 0.6) is 5.75 Å². The molecule has 2 rings (SSSR count). The number of carbonyl (C=O) groups is 2. The van der Waals surface area contributed by atoms with Crippen molar-refractivity contribution in [3.05, 3.63) is 64.9 Å². The number of hydrogen-bond donors (Lipinski definition) is 1. The van der Waals surface area contributed by atoms with Gasteiger partial charge in [-0.15, -0.1) is 0 Å². The van der Waals surface area contributed by atoms with Gasteiger partial charge in [-0.1, -0.05) is 17.7 Å². The average Bonchev–Trinajstić information content (AvgIpc) is 2.60. The lowest BCUT2D eigenvalue weighted by Crippen LogP contribution is -2.20. The number of halogens is 2. The fraction of sp³-hybridized carbons (Fsp3) is 0.111. The maximum atomic E-state index is 13.5. The molecule has 0 spiro atoms. The van der Waals surface area contributed by atoms with E-state index >= 15 is 0 Å². The maximum Gasteiger partial charge on any atom is 0.331 e. The van der Waals surface area contributed by atoms with Crippen molar-refractivity contribution in [1.29, 1.82) is 0 Å². The minimum absolute atomic E-state index is 0.110. The number of nitrogens with one attached hydrogen (secondary N) is 1. The summed E-state index contributed by atoms with van der Waals surface area (Å²) in [6.45, 7) is -0.442. The van der Waals surface area contributed by atoms with Crippen LogP contribution in [-0.2, 0) is 14.3 Å². The highest BCUT2D eigenvalue weighted by molar-refractivity contribution is 6.30. The zero-order chi connectivity index (χ0) is 18.2. The minimum Gasteiger partial charge on any atom is -0.494 e. The first-order chi connectivity index (χ1) is 12.0. The molecule has 1 N–H and O–H groups in total. The van der Waals surface area contributed by atoms with Crippen molar-refractivity contribution in [3.63, 3.8) is 0 Å². The van der Waals surface area contributed by atoms with Gasteiger partial charge in [0.25, 0.3) is 5.91 Å². The molecule has 130 valence electrons. The number of esters is 1. The molecule has 25 heavy (non-hydrogen) atoms. The molecule has 0 radical (unpaired) electrons. The number of carbonyl (C=O) groups excluding carboxylic acids is 2. The molecule has 0 atom stereocenters. The van der Waals surface area contributed by atoms with Gasteiger partial charge in [0.2, 0.25) is 0 Å². The van der Waals surface area contributed by atoms with Crippen LogP contribution in [0.4, 0.5) is 10.1 Å². The van der Waals surface area contributed by atoms with Crippen LogP contribution in [0.3, 0.4) is 0 Å². The Morgan fingerprint density at radius 3 is 2.56 bits per heavy atom. The first kappa shape index (κ1) is 18.5. The summed E-state index contributed by atoms with van der Waals surface area (Å²) in [5.41, 5.74) is 0.996. The molecule has 5 nitrogen and oxygen atoms in total. The number of rotatable bonds is 6. The Hall–Kier alpha value is -2.86. The van der Waals surface area contributed by atoms with E-state index in [9.17, 15) is 14.0 Å². The maximum absolute atomic E-state index is 13.5. The van der Waals surface area contributed by atoms with Crippen LogP contribution in [0.2, 0.25) is 5.02 Å². The summed E-state index contributed by atoms with van der Waals surface area (Å²) >= 11 is 5.74. The second kappa shape index (κ2) is 8.84. The van der Waals surface area contributed by atoms with Gasteiger partial charge in [-0.25, -0.2) is 9.18 Å². The number of anilines is 1. The zero-order valence-electron chi connectivity index (χ0n) is 13.3. The lowest BCUT2D eigenvalue weighted by molar-refractivity contribution is -0.142. The van der Waals surface area contributed by atoms with Crippen molar-refractivity contribution in [2.75, 3.05) is 19.0 Å². The first-order valence-electron chi connectivity index (χ1n) is 7.22. The largest absolute Gasteiger partial charge is 0.494 e. The van der Waals surface area contributed by atoms with Crippen LogP contribution in [0.15, 0.2) is 48.5 Å². The summed E-state index contributed by atoms with van der Waals surface area (Å²) in [6.07, 6.45) is 2.48. The van der Waals surface area contributed by atoms with Crippen LogP contribution in [0.1, 0.15) is 5.56 Å². The molecule has 0 bridgehead atoms. The molecule has 1 amide bonds. The highest BCUT2D eigenvalue weighted by Crippen LogP contribution is 2.18. The molecule has 7 heteroatoms. The second-order valence-electron chi connectivity index (χ2n) is 4.89. The normalized spacial score (nSPS) is 10.5. The smallest absolute Gasteiger partial charge is 0.331 e. The Morgan fingerprint density at radius 2 is 1.92 bits per heavy atom. The van der Waals surface area contributed by atoms with Gasteiger partial charge in [0, 0.05) is 16.8 Å². The van der Waals surface area contributed by atoms with Crippen LogP contribution >= 0.6 is 11.6 Å². The van der Waals surface area contributed by atoms with Crippen LogP contribution in [-0.4, -0.2) is 25.6 Å². The van der Waals surface area contributed by atoms with E-state index < -0.39 is 24.3 Å². The number of amides is 1. The molecule has 0 heterocycles. The monoisotopic (exact) mass is 363 g/mol. The molecular weight excluding hydrogens is 349 g/mol. The van der Waals surface area contributed by atoms with Gasteiger partial charge in [-0.3, -0.25) is 4.79 Å². The van der Waals surface area contributed by atoms with E-state index in [1.807, 2.05) is 0 Å². The summed E-state index contributed by atoms with van der Waals surface area (Å²) in [5, 5.41) is 3.10. The highest BCUT2D eigenvalue weighted by atomic mass is 35.5. The summed E-state index contributed by atoms with van der Waals surface area (Å²) < 4.78 is 23.1. The second-order valence-corrected chi connectivity index (χ2v) is 5.33. The van der Waals surface area contributed by atoms with E-state index in [-0.39, 0.29) is 5.75 Å². The van der Waals surface area contributed by atoms with E-state index in [2.05, 4.69) is 5.32 Å². The Balaban J connectivity index is 1.82. The molecule has 0 saturated carbocycles. The Kier molecular flexibility index (Phi) is 6.54. The molecule has 0 aromatic heterocycles. The van der Waals surface area contributed by atoms with Crippen molar-refractivity contribution < 1.29 is 23.5 Å². The van der Waals surface area contributed by atoms with Crippen LogP contribution in [0.25, 0.3) is 6.08 Å². The third kappa shape index (κ3) is 5.93. The standard InChI is InChI=1S/C18H15ClFNO4/c1-24-16-8-2-12(10-15(16)20)3-9-18(23)25-11-17(22)21-14-6-4-13(19)5-7-14/h2-10H,11H2,1H3,(H,21,22)/b9-3+. The van der Waals surface area contributed by atoms with Crippen molar-refractivity contribution >= 4 is 35.2 Å². The van der Waals surface area contributed by atoms with Gasteiger partial charge in [-0.05, 0) is 48.0 Å². The molecule has 0 aliphatic rings. The van der Waals surface area contributed by atoms with Gasteiger partial charge in [0.15, 0.2) is 18.2 Å². The van der Waals surface area contributed by atoms with Gasteiger partial charge in [0.05, 0.1) is 7.11 Å². The number of methoxy groups -OCH3 is 1. The number of benzene rings is 2. The molecule has 0 fully saturated rings. The summed E-state index contributed by atoms with van der Waals surface area (Å²) in [7, 11) is 1.36. The predicted octanol–water partition coefficient (Wildman–Crippen LogP) is 3.68. The van der Waals surface area contributed by atoms with E-state index in [4.69, 9.17) is 21.1 Å². The van der Waals surface area contributed by atoms with E-state index in [1.54, 1.807) is 30.3 Å². The molecule has 0 unspecified atom stereocenters. The highest BCUT2D eigenvalue weighted by Gasteiger charge is 2.06. The van der Waals surface area contributed by atoms with E-state index in [0.29, 0.717) is 16.3 Å². The summed E-state index contributed by atoms with van der Waals surface area (Å²) in [5.74, 6) is -1.64. The quantitative estimate of drug-likeness (QED) is 0.628. The van der Waals surface area contributed by atoms with Crippen LogP contribution < -0.4 is 10.1 Å². The third-order valence-electron chi connectivity index (χ3n) is 3.06. The topological polar surface area (TPSA) is 64.6 Å². The molecule has 0 aliphatic carbocycles. The molecule has 0 saturated heterocycles. The van der Waals surface area contributed by atoms with Crippen molar-refractivity contribution in [3.8, 4) is 5.75 Å². The molecule has 2 aromatic carbocycles. The molecule has 0 aliphatic heterocycles. The van der Waals surface area contributed by atoms with Gasteiger partial charge in [-0.2, -0.15) is 0 Å². The van der Waals surface area contributed by atoms with Crippen molar-refractivity contribution in [1.82, 2.24) is 0 Å². The molecule has 2 aromatic rings. The Morgan fingerprint density at radius 1 is 1.20 bits per heavy atom. The number of ether oxygens (including phenoxy) is 2. The third-order valence-corrected chi connectivity index (χ3v) is 3.31.